The van der Waals surface area contributed by atoms with Crippen LogP contribution in [0.4, 0.5) is 0 Å². The Hall–Kier alpha value is -0.650. The fourth-order valence-electron chi connectivity index (χ4n) is 6.87. The number of nitrogens with one attached hydrogen (secondary N) is 1. The second-order valence-corrected chi connectivity index (χ2v) is 14.9. The van der Waals surface area contributed by atoms with E-state index in [1.165, 1.54) is 173 Å². The second kappa shape index (κ2) is 38.2. The first-order chi connectivity index (χ1) is 23.1. The maximum Gasteiger partial charge on any atom is 0.220 e. The van der Waals surface area contributed by atoms with Crippen molar-refractivity contribution in [1.29, 1.82) is 0 Å². The summed E-state index contributed by atoms with van der Waals surface area (Å²) >= 11 is 0. The molecule has 0 heterocycles. The van der Waals surface area contributed by atoms with Crippen LogP contribution >= 0.6 is 0 Å². The molecule has 0 bridgehead atoms. The molecule has 0 aliphatic heterocycles. The second-order valence-electron chi connectivity index (χ2n) is 14.9. The van der Waals surface area contributed by atoms with Crippen molar-refractivity contribution in [3.63, 3.8) is 0 Å². The van der Waals surface area contributed by atoms with Crippen molar-refractivity contribution in [2.24, 2.45) is 0 Å². The van der Waals surface area contributed by atoms with E-state index in [1.54, 1.807) is 0 Å². The van der Waals surface area contributed by atoms with Crippen LogP contribution in [0.5, 0.6) is 0 Å². The van der Waals surface area contributed by atoms with E-state index in [0.717, 1.165) is 38.5 Å². The van der Waals surface area contributed by atoms with E-state index in [4.69, 9.17) is 0 Å². The molecular formula is C42H85NO4. The molecule has 5 nitrogen and oxygen atoms in total. The predicted octanol–water partition coefficient (Wildman–Crippen LogP) is 11.9. The van der Waals surface area contributed by atoms with Crippen molar-refractivity contribution in [3.8, 4) is 0 Å². The van der Waals surface area contributed by atoms with Gasteiger partial charge in [-0.1, -0.05) is 219 Å². The SMILES string of the molecule is CCCCCCCCCCCCCCCCCCCCCCCCCCCC(=O)NC(CO)C(O)C(O)CCCCCCCCCC. The Kier molecular flexibility index (Phi) is 37.6. The first-order valence-corrected chi connectivity index (χ1v) is 21.3. The summed E-state index contributed by atoms with van der Waals surface area (Å²) < 4.78 is 0. The van der Waals surface area contributed by atoms with Gasteiger partial charge in [-0.25, -0.2) is 0 Å². The molecule has 3 atom stereocenters. The van der Waals surface area contributed by atoms with Crippen LogP contribution in [-0.4, -0.2) is 46.1 Å². The highest BCUT2D eigenvalue weighted by molar-refractivity contribution is 5.76. The summed E-state index contributed by atoms with van der Waals surface area (Å²) in [6.07, 6.45) is 42.3. The van der Waals surface area contributed by atoms with Crippen LogP contribution < -0.4 is 5.32 Å². The van der Waals surface area contributed by atoms with Gasteiger partial charge in [0.1, 0.15) is 6.10 Å². The van der Waals surface area contributed by atoms with Crippen molar-refractivity contribution < 1.29 is 20.1 Å². The minimum atomic E-state index is -1.13. The average Bonchev–Trinajstić information content (AvgIpc) is 3.07. The van der Waals surface area contributed by atoms with Crippen molar-refractivity contribution in [2.75, 3.05) is 6.61 Å². The van der Waals surface area contributed by atoms with E-state index in [0.29, 0.717) is 12.8 Å². The van der Waals surface area contributed by atoms with E-state index in [1.807, 2.05) is 0 Å². The zero-order valence-electron chi connectivity index (χ0n) is 31.9. The summed E-state index contributed by atoms with van der Waals surface area (Å²) in [7, 11) is 0. The molecule has 0 aromatic carbocycles. The highest BCUT2D eigenvalue weighted by atomic mass is 16.3. The quantitative estimate of drug-likeness (QED) is 0.0491. The standard InChI is InChI=1S/C42H85NO4/c1-3-5-7-9-11-13-14-15-16-17-18-19-20-21-22-23-24-25-26-27-28-29-31-33-35-37-41(46)43-39(38-44)42(47)40(45)36-34-32-30-12-10-8-6-4-2/h39-40,42,44-45,47H,3-38H2,1-2H3,(H,43,46). The molecule has 0 spiro atoms. The molecule has 47 heavy (non-hydrogen) atoms. The van der Waals surface area contributed by atoms with Crippen LogP contribution in [0.3, 0.4) is 0 Å². The van der Waals surface area contributed by atoms with E-state index in [2.05, 4.69) is 19.2 Å². The number of hydrogen-bond donors (Lipinski definition) is 4. The predicted molar refractivity (Wildman–Crippen MR) is 204 cm³/mol. The van der Waals surface area contributed by atoms with Gasteiger partial charge in [0.15, 0.2) is 0 Å². The minimum absolute atomic E-state index is 0.142. The zero-order valence-corrected chi connectivity index (χ0v) is 31.9. The maximum absolute atomic E-state index is 12.4. The lowest BCUT2D eigenvalue weighted by Gasteiger charge is -2.26. The number of carbonyl (C=O) groups excluding carboxylic acids is 1. The Morgan fingerprint density at radius 1 is 0.447 bits per heavy atom. The van der Waals surface area contributed by atoms with Gasteiger partial charge in [0.05, 0.1) is 18.8 Å². The molecule has 0 rings (SSSR count). The van der Waals surface area contributed by atoms with Gasteiger partial charge in [-0.15, -0.1) is 0 Å². The molecule has 1 amide bonds. The summed E-state index contributed by atoms with van der Waals surface area (Å²) in [4.78, 5) is 12.4. The Labute approximate surface area is 294 Å². The molecule has 0 aliphatic carbocycles. The third-order valence-corrected chi connectivity index (χ3v) is 10.2. The van der Waals surface area contributed by atoms with Crippen LogP contribution in [0.1, 0.15) is 239 Å². The molecule has 0 aliphatic rings. The van der Waals surface area contributed by atoms with Crippen LogP contribution in [-0.2, 0) is 4.79 Å². The summed E-state index contributed by atoms with van der Waals surface area (Å²) in [6.45, 7) is 4.15. The van der Waals surface area contributed by atoms with Crippen molar-refractivity contribution in [3.05, 3.63) is 0 Å². The Balaban J connectivity index is 3.47. The van der Waals surface area contributed by atoms with Crippen LogP contribution in [0.25, 0.3) is 0 Å². The Morgan fingerprint density at radius 2 is 0.723 bits per heavy atom. The Morgan fingerprint density at radius 3 is 1.02 bits per heavy atom. The van der Waals surface area contributed by atoms with E-state index in [-0.39, 0.29) is 12.5 Å². The van der Waals surface area contributed by atoms with Gasteiger partial charge in [0.25, 0.3) is 0 Å². The van der Waals surface area contributed by atoms with Crippen molar-refractivity contribution in [1.82, 2.24) is 5.32 Å². The molecule has 0 saturated carbocycles. The van der Waals surface area contributed by atoms with Crippen LogP contribution in [0.2, 0.25) is 0 Å². The van der Waals surface area contributed by atoms with Crippen molar-refractivity contribution >= 4 is 5.91 Å². The fourth-order valence-corrected chi connectivity index (χ4v) is 6.87. The van der Waals surface area contributed by atoms with E-state index < -0.39 is 18.2 Å². The van der Waals surface area contributed by atoms with Gasteiger partial charge in [-0.05, 0) is 12.8 Å². The van der Waals surface area contributed by atoms with Gasteiger partial charge in [0, 0.05) is 6.42 Å². The highest BCUT2D eigenvalue weighted by Crippen LogP contribution is 2.17. The normalized spacial score (nSPS) is 13.6. The van der Waals surface area contributed by atoms with E-state index in [9.17, 15) is 20.1 Å². The fraction of sp³-hybridized carbons (Fsp3) is 0.976. The number of hydrogen-bond acceptors (Lipinski definition) is 4. The van der Waals surface area contributed by atoms with Crippen LogP contribution in [0.15, 0.2) is 0 Å². The van der Waals surface area contributed by atoms with Gasteiger partial charge in [-0.3, -0.25) is 4.79 Å². The third kappa shape index (κ3) is 33.6. The third-order valence-electron chi connectivity index (χ3n) is 10.2. The number of carbonyl (C=O) groups is 1. The molecule has 4 N–H and O–H groups in total. The van der Waals surface area contributed by atoms with Gasteiger partial charge >= 0.3 is 0 Å². The summed E-state index contributed by atoms with van der Waals surface area (Å²) in [5.41, 5.74) is 0. The lowest BCUT2D eigenvalue weighted by atomic mass is 9.99. The number of aliphatic hydroxyl groups excluding tert-OH is 3. The molecule has 0 radical (unpaired) electrons. The van der Waals surface area contributed by atoms with Crippen molar-refractivity contribution in [2.45, 2.75) is 257 Å². The first kappa shape index (κ1) is 46.4. The molecule has 0 aromatic rings. The lowest BCUT2D eigenvalue weighted by molar-refractivity contribution is -0.124. The average molecular weight is 668 g/mol. The number of rotatable bonds is 39. The number of aliphatic hydroxyl groups is 3. The monoisotopic (exact) mass is 668 g/mol. The topological polar surface area (TPSA) is 89.8 Å². The van der Waals surface area contributed by atoms with Gasteiger partial charge in [-0.2, -0.15) is 0 Å². The summed E-state index contributed by atoms with van der Waals surface area (Å²) in [6, 6.07) is -0.800. The number of unbranched alkanes of at least 4 members (excludes halogenated alkanes) is 31. The first-order valence-electron chi connectivity index (χ1n) is 21.3. The smallest absolute Gasteiger partial charge is 0.220 e. The lowest BCUT2D eigenvalue weighted by Crippen LogP contribution is -2.50. The molecule has 0 fully saturated rings. The van der Waals surface area contributed by atoms with Gasteiger partial charge in [0.2, 0.25) is 5.91 Å². The molecule has 3 unspecified atom stereocenters. The van der Waals surface area contributed by atoms with E-state index >= 15 is 0 Å². The molecular weight excluding hydrogens is 582 g/mol. The van der Waals surface area contributed by atoms with Gasteiger partial charge < -0.3 is 20.6 Å². The Bertz CT molecular complexity index is 615. The van der Waals surface area contributed by atoms with Crippen LogP contribution in [0, 0.1) is 0 Å². The molecule has 282 valence electrons. The molecule has 5 heteroatoms. The minimum Gasteiger partial charge on any atom is -0.394 e. The maximum atomic E-state index is 12.4. The summed E-state index contributed by atoms with van der Waals surface area (Å²) in [5.74, 6) is -0.142. The molecule has 0 aromatic heterocycles. The number of amides is 1. The highest BCUT2D eigenvalue weighted by Gasteiger charge is 2.26. The molecule has 0 saturated heterocycles. The zero-order chi connectivity index (χ0) is 34.5. The summed E-state index contributed by atoms with van der Waals surface area (Å²) in [5, 5.41) is 33.3. The largest absolute Gasteiger partial charge is 0.394 e.